The van der Waals surface area contributed by atoms with E-state index in [0.29, 0.717) is 18.7 Å². The summed E-state index contributed by atoms with van der Waals surface area (Å²) in [5.41, 5.74) is 0.552. The average molecular weight is 410 g/mol. The van der Waals surface area contributed by atoms with Crippen molar-refractivity contribution in [2.75, 3.05) is 32.8 Å². The van der Waals surface area contributed by atoms with Crippen LogP contribution in [0.5, 0.6) is 0 Å². The van der Waals surface area contributed by atoms with Crippen molar-refractivity contribution in [3.63, 3.8) is 0 Å². The first-order valence-electron chi connectivity index (χ1n) is 9.06. The van der Waals surface area contributed by atoms with Gasteiger partial charge >= 0.3 is 12.1 Å². The summed E-state index contributed by atoms with van der Waals surface area (Å²) >= 11 is 0. The lowest BCUT2D eigenvalue weighted by atomic mass is 10.1. The van der Waals surface area contributed by atoms with Crippen molar-refractivity contribution in [2.45, 2.75) is 31.1 Å². The van der Waals surface area contributed by atoms with E-state index in [1.165, 1.54) is 22.5 Å². The third-order valence-electron chi connectivity index (χ3n) is 4.75. The van der Waals surface area contributed by atoms with Gasteiger partial charge < -0.3 is 9.47 Å². The van der Waals surface area contributed by atoms with Crippen LogP contribution in [0.1, 0.15) is 35.2 Å². The highest BCUT2D eigenvalue weighted by Crippen LogP contribution is 2.24. The van der Waals surface area contributed by atoms with Crippen LogP contribution in [0, 0.1) is 6.92 Å². The Kier molecular flexibility index (Phi) is 5.99. The quantitative estimate of drug-likeness (QED) is 0.673. The number of carbonyl (C=O) groups excluding carboxylic acids is 3. The number of hydrogen-bond acceptors (Lipinski definition) is 7. The molecule has 0 unspecified atom stereocenters. The van der Waals surface area contributed by atoms with Gasteiger partial charge in [0.05, 0.1) is 17.0 Å². The first kappa shape index (κ1) is 20.3. The highest BCUT2D eigenvalue weighted by molar-refractivity contribution is 7.89. The van der Waals surface area contributed by atoms with Gasteiger partial charge in [-0.25, -0.2) is 22.9 Å². The van der Waals surface area contributed by atoms with Crippen LogP contribution >= 0.6 is 0 Å². The number of carbonyl (C=O) groups is 3. The molecule has 152 valence electrons. The lowest BCUT2D eigenvalue weighted by Gasteiger charge is -2.26. The predicted molar refractivity (Wildman–Crippen MR) is 97.1 cm³/mol. The molecule has 10 heteroatoms. The van der Waals surface area contributed by atoms with Crippen LogP contribution in [-0.2, 0) is 24.3 Å². The molecule has 2 fully saturated rings. The zero-order chi connectivity index (χ0) is 20.3. The highest BCUT2D eigenvalue weighted by Gasteiger charge is 2.30. The number of benzene rings is 1. The van der Waals surface area contributed by atoms with E-state index >= 15 is 0 Å². The van der Waals surface area contributed by atoms with E-state index in [2.05, 4.69) is 4.74 Å². The lowest BCUT2D eigenvalue weighted by Crippen LogP contribution is -2.36. The minimum absolute atomic E-state index is 0.0259. The van der Waals surface area contributed by atoms with Gasteiger partial charge in [0.2, 0.25) is 10.0 Å². The molecule has 0 atom stereocenters. The molecule has 0 aliphatic carbocycles. The summed E-state index contributed by atoms with van der Waals surface area (Å²) in [5.74, 6) is -1.53. The van der Waals surface area contributed by atoms with Crippen molar-refractivity contribution < 1.29 is 32.3 Å². The van der Waals surface area contributed by atoms with Gasteiger partial charge in [-0.2, -0.15) is 4.31 Å². The van der Waals surface area contributed by atoms with E-state index in [0.717, 1.165) is 24.2 Å². The number of piperidine rings is 1. The van der Waals surface area contributed by atoms with Crippen molar-refractivity contribution >= 4 is 28.0 Å². The zero-order valence-electron chi connectivity index (χ0n) is 15.5. The molecule has 0 saturated carbocycles. The number of amides is 2. The molecular formula is C18H22N2O7S. The Bertz CT molecular complexity index is 891. The lowest BCUT2D eigenvalue weighted by molar-refractivity contribution is -0.131. The molecule has 2 heterocycles. The first-order valence-corrected chi connectivity index (χ1v) is 10.5. The molecule has 9 nitrogen and oxygen atoms in total. The van der Waals surface area contributed by atoms with E-state index in [1.54, 1.807) is 6.92 Å². The van der Waals surface area contributed by atoms with Crippen LogP contribution in [-0.4, -0.2) is 68.4 Å². The minimum Gasteiger partial charge on any atom is -0.452 e. The van der Waals surface area contributed by atoms with Gasteiger partial charge in [-0.1, -0.05) is 12.5 Å². The van der Waals surface area contributed by atoms with Gasteiger partial charge in [-0.15, -0.1) is 0 Å². The van der Waals surface area contributed by atoms with Gasteiger partial charge in [0, 0.05) is 13.1 Å². The summed E-state index contributed by atoms with van der Waals surface area (Å²) in [4.78, 5) is 36.5. The van der Waals surface area contributed by atoms with Crippen molar-refractivity contribution in [3.05, 3.63) is 29.3 Å². The molecule has 1 aromatic carbocycles. The summed E-state index contributed by atoms with van der Waals surface area (Å²) in [5, 5.41) is 0. The second kappa shape index (κ2) is 8.27. The Balaban J connectivity index is 1.72. The third-order valence-corrected chi connectivity index (χ3v) is 6.79. The van der Waals surface area contributed by atoms with Crippen molar-refractivity contribution in [1.29, 1.82) is 0 Å². The van der Waals surface area contributed by atoms with E-state index in [9.17, 15) is 22.8 Å². The Labute approximate surface area is 163 Å². The number of hydrogen-bond donors (Lipinski definition) is 0. The predicted octanol–water partition coefficient (Wildman–Crippen LogP) is 1.31. The zero-order valence-corrected chi connectivity index (χ0v) is 16.4. The van der Waals surface area contributed by atoms with E-state index in [1.807, 2.05) is 0 Å². The summed E-state index contributed by atoms with van der Waals surface area (Å²) in [6.45, 7) is 2.16. The fraction of sp³-hybridized carbons (Fsp3) is 0.500. The highest BCUT2D eigenvalue weighted by atomic mass is 32.2. The van der Waals surface area contributed by atoms with Crippen LogP contribution in [0.4, 0.5) is 4.79 Å². The fourth-order valence-corrected chi connectivity index (χ4v) is 4.93. The molecule has 0 radical (unpaired) electrons. The van der Waals surface area contributed by atoms with E-state index in [-0.39, 0.29) is 23.6 Å². The number of cyclic esters (lactones) is 1. The van der Waals surface area contributed by atoms with Crippen LogP contribution in [0.3, 0.4) is 0 Å². The molecule has 0 spiro atoms. The van der Waals surface area contributed by atoms with Crippen molar-refractivity contribution in [1.82, 2.24) is 9.21 Å². The molecule has 28 heavy (non-hydrogen) atoms. The van der Waals surface area contributed by atoms with Crippen LogP contribution < -0.4 is 0 Å². The second-order valence-electron chi connectivity index (χ2n) is 6.68. The molecular weight excluding hydrogens is 388 g/mol. The van der Waals surface area contributed by atoms with Crippen LogP contribution in [0.25, 0.3) is 0 Å². The molecule has 0 N–H and O–H groups in total. The maximum absolute atomic E-state index is 12.9. The summed E-state index contributed by atoms with van der Waals surface area (Å²) in [7, 11) is -3.71. The van der Waals surface area contributed by atoms with Gasteiger partial charge in [-0.3, -0.25) is 4.79 Å². The number of rotatable bonds is 5. The van der Waals surface area contributed by atoms with Gasteiger partial charge in [-0.05, 0) is 37.5 Å². The van der Waals surface area contributed by atoms with Crippen LogP contribution in [0.15, 0.2) is 23.1 Å². The maximum Gasteiger partial charge on any atom is 0.416 e. The monoisotopic (exact) mass is 410 g/mol. The van der Waals surface area contributed by atoms with Crippen LogP contribution in [0.2, 0.25) is 0 Å². The van der Waals surface area contributed by atoms with E-state index < -0.39 is 34.6 Å². The molecule has 2 amide bonds. The van der Waals surface area contributed by atoms with Crippen molar-refractivity contribution in [3.8, 4) is 0 Å². The number of imide groups is 1. The topological polar surface area (TPSA) is 110 Å². The van der Waals surface area contributed by atoms with Gasteiger partial charge in [0.1, 0.15) is 6.61 Å². The fourth-order valence-electron chi connectivity index (χ4n) is 3.16. The Hall–Kier alpha value is -2.46. The number of ether oxygens (including phenoxy) is 2. The smallest absolute Gasteiger partial charge is 0.416 e. The number of sulfonamides is 1. The molecule has 2 aliphatic heterocycles. The van der Waals surface area contributed by atoms with Gasteiger partial charge in [0.25, 0.3) is 5.91 Å². The largest absolute Gasteiger partial charge is 0.452 e. The molecule has 1 aromatic rings. The first-order chi connectivity index (χ1) is 13.3. The standard InChI is InChI=1S/C18H22N2O7S/c1-13-5-6-14(11-15(13)28(24,25)19-7-3-2-4-8-19)17(22)27-12-16(21)20-9-10-26-18(20)23/h5-6,11H,2-4,7-10,12H2,1H3. The summed E-state index contributed by atoms with van der Waals surface area (Å²) in [6.07, 6.45) is 1.84. The normalized spacial score (nSPS) is 18.0. The molecule has 3 rings (SSSR count). The number of aryl methyl sites for hydroxylation is 1. The number of esters is 1. The summed E-state index contributed by atoms with van der Waals surface area (Å²) < 4.78 is 36.9. The minimum atomic E-state index is -3.71. The Morgan fingerprint density at radius 3 is 2.50 bits per heavy atom. The van der Waals surface area contributed by atoms with E-state index in [4.69, 9.17) is 4.74 Å². The third kappa shape index (κ3) is 4.17. The molecule has 2 aliphatic rings. The SMILES string of the molecule is Cc1ccc(C(=O)OCC(=O)N2CCOC2=O)cc1S(=O)(=O)N1CCCCC1. The molecule has 2 saturated heterocycles. The molecule has 0 aromatic heterocycles. The Morgan fingerprint density at radius 1 is 1.14 bits per heavy atom. The number of nitrogens with zero attached hydrogens (tertiary/aromatic N) is 2. The Morgan fingerprint density at radius 2 is 1.86 bits per heavy atom. The maximum atomic E-state index is 12.9. The summed E-state index contributed by atoms with van der Waals surface area (Å²) in [6, 6.07) is 4.25. The van der Waals surface area contributed by atoms with Crippen molar-refractivity contribution in [2.24, 2.45) is 0 Å². The molecule has 0 bridgehead atoms. The average Bonchev–Trinajstić information content (AvgIpc) is 3.12. The van der Waals surface area contributed by atoms with Gasteiger partial charge in [0.15, 0.2) is 6.61 Å². The second-order valence-corrected chi connectivity index (χ2v) is 8.59.